The SMILES string of the molecule is CC(=O)N1c2ccccc2SC2CCCCC21. The maximum Gasteiger partial charge on any atom is 0.224 e. The van der Waals surface area contributed by atoms with E-state index in [1.165, 1.54) is 24.2 Å². The first kappa shape index (κ1) is 11.1. The average Bonchev–Trinajstić information content (AvgIpc) is 2.35. The Morgan fingerprint density at radius 3 is 2.88 bits per heavy atom. The van der Waals surface area contributed by atoms with Crippen molar-refractivity contribution in [3.05, 3.63) is 24.3 Å². The number of para-hydroxylation sites is 1. The summed E-state index contributed by atoms with van der Waals surface area (Å²) in [4.78, 5) is 15.2. The molecule has 2 unspecified atom stereocenters. The van der Waals surface area contributed by atoms with E-state index in [1.807, 2.05) is 22.7 Å². The topological polar surface area (TPSA) is 20.3 Å². The molecule has 0 aromatic heterocycles. The number of carbonyl (C=O) groups excluding carboxylic acids is 1. The van der Waals surface area contributed by atoms with Gasteiger partial charge in [-0.3, -0.25) is 4.79 Å². The second-order valence-electron chi connectivity index (χ2n) is 4.86. The highest BCUT2D eigenvalue weighted by atomic mass is 32.2. The summed E-state index contributed by atoms with van der Waals surface area (Å²) >= 11 is 1.97. The third kappa shape index (κ3) is 1.86. The predicted molar refractivity (Wildman–Crippen MR) is 71.5 cm³/mol. The summed E-state index contributed by atoms with van der Waals surface area (Å²) in [5.74, 6) is 0.189. The van der Waals surface area contributed by atoms with Crippen molar-refractivity contribution in [2.45, 2.75) is 48.8 Å². The lowest BCUT2D eigenvalue weighted by molar-refractivity contribution is -0.117. The Morgan fingerprint density at radius 2 is 2.06 bits per heavy atom. The Kier molecular flexibility index (Phi) is 2.87. The number of fused-ring (bicyclic) bond motifs is 2. The molecule has 1 fully saturated rings. The fourth-order valence-electron chi connectivity index (χ4n) is 3.01. The van der Waals surface area contributed by atoms with Crippen molar-refractivity contribution in [1.82, 2.24) is 0 Å². The van der Waals surface area contributed by atoms with E-state index in [-0.39, 0.29) is 5.91 Å². The van der Waals surface area contributed by atoms with E-state index in [0.717, 1.165) is 12.1 Å². The minimum absolute atomic E-state index is 0.189. The van der Waals surface area contributed by atoms with Crippen LogP contribution in [-0.2, 0) is 4.79 Å². The van der Waals surface area contributed by atoms with Crippen molar-refractivity contribution in [1.29, 1.82) is 0 Å². The zero-order valence-corrected chi connectivity index (χ0v) is 10.9. The molecule has 0 saturated heterocycles. The monoisotopic (exact) mass is 247 g/mol. The Morgan fingerprint density at radius 1 is 1.29 bits per heavy atom. The molecular formula is C14H17NOS. The van der Waals surface area contributed by atoms with Crippen LogP contribution < -0.4 is 4.90 Å². The number of hydrogen-bond donors (Lipinski definition) is 0. The predicted octanol–water partition coefficient (Wildman–Crippen LogP) is 3.46. The van der Waals surface area contributed by atoms with Crippen LogP contribution in [0.1, 0.15) is 32.6 Å². The normalized spacial score (nSPS) is 27.2. The largest absolute Gasteiger partial charge is 0.307 e. The summed E-state index contributed by atoms with van der Waals surface area (Å²) in [6, 6.07) is 8.72. The molecule has 2 atom stereocenters. The number of hydrogen-bond acceptors (Lipinski definition) is 2. The Labute approximate surface area is 106 Å². The minimum atomic E-state index is 0.189. The molecule has 1 aliphatic carbocycles. The summed E-state index contributed by atoms with van der Waals surface area (Å²) < 4.78 is 0. The average molecular weight is 247 g/mol. The molecule has 1 heterocycles. The molecule has 1 aromatic rings. The van der Waals surface area contributed by atoms with Crippen molar-refractivity contribution in [3.8, 4) is 0 Å². The molecule has 1 aromatic carbocycles. The van der Waals surface area contributed by atoms with Gasteiger partial charge in [-0.1, -0.05) is 25.0 Å². The molecule has 17 heavy (non-hydrogen) atoms. The van der Waals surface area contributed by atoms with E-state index in [4.69, 9.17) is 0 Å². The quantitative estimate of drug-likeness (QED) is 0.700. The minimum Gasteiger partial charge on any atom is -0.307 e. The van der Waals surface area contributed by atoms with Crippen molar-refractivity contribution >= 4 is 23.4 Å². The molecule has 0 radical (unpaired) electrons. The third-order valence-corrected chi connectivity index (χ3v) is 5.19. The summed E-state index contributed by atoms with van der Waals surface area (Å²) in [7, 11) is 0. The number of rotatable bonds is 0. The summed E-state index contributed by atoms with van der Waals surface area (Å²) in [6.45, 7) is 1.69. The van der Waals surface area contributed by atoms with Gasteiger partial charge in [0.2, 0.25) is 5.91 Å². The molecule has 1 saturated carbocycles. The van der Waals surface area contributed by atoms with Crippen LogP contribution in [-0.4, -0.2) is 17.2 Å². The standard InChI is InChI=1S/C14H17NOS/c1-10(16)15-11-6-2-4-8-13(11)17-14-9-5-3-7-12(14)15/h2,4,6,8,12,14H,3,5,7,9H2,1H3. The lowest BCUT2D eigenvalue weighted by Gasteiger charge is -2.43. The highest BCUT2D eigenvalue weighted by molar-refractivity contribution is 8.00. The van der Waals surface area contributed by atoms with Gasteiger partial charge < -0.3 is 4.90 Å². The molecule has 3 rings (SSSR count). The van der Waals surface area contributed by atoms with E-state index in [2.05, 4.69) is 18.2 Å². The van der Waals surface area contributed by atoms with Crippen LogP contribution in [0.2, 0.25) is 0 Å². The van der Waals surface area contributed by atoms with Gasteiger partial charge in [-0.05, 0) is 25.0 Å². The van der Waals surface area contributed by atoms with Crippen LogP contribution >= 0.6 is 11.8 Å². The first-order valence-corrected chi connectivity index (χ1v) is 7.21. The molecule has 1 amide bonds. The van der Waals surface area contributed by atoms with Gasteiger partial charge in [0.1, 0.15) is 0 Å². The van der Waals surface area contributed by atoms with E-state index in [0.29, 0.717) is 11.3 Å². The van der Waals surface area contributed by atoms with E-state index in [9.17, 15) is 4.79 Å². The van der Waals surface area contributed by atoms with Crippen LogP contribution in [0.5, 0.6) is 0 Å². The van der Waals surface area contributed by atoms with Crippen LogP contribution in [0, 0.1) is 0 Å². The van der Waals surface area contributed by atoms with Crippen molar-refractivity contribution in [2.24, 2.45) is 0 Å². The number of thioether (sulfide) groups is 1. The highest BCUT2D eigenvalue weighted by Gasteiger charge is 2.38. The fraction of sp³-hybridized carbons (Fsp3) is 0.500. The summed E-state index contributed by atoms with van der Waals surface area (Å²) in [5, 5.41) is 0.600. The Hall–Kier alpha value is -0.960. The Bertz CT molecular complexity index is 446. The molecule has 2 aliphatic rings. The van der Waals surface area contributed by atoms with E-state index < -0.39 is 0 Å². The van der Waals surface area contributed by atoms with Gasteiger partial charge in [-0.25, -0.2) is 0 Å². The van der Waals surface area contributed by atoms with Gasteiger partial charge in [0, 0.05) is 23.1 Å². The zero-order chi connectivity index (χ0) is 11.8. The van der Waals surface area contributed by atoms with Gasteiger partial charge in [-0.15, -0.1) is 11.8 Å². The summed E-state index contributed by atoms with van der Waals surface area (Å²) in [6.07, 6.45) is 4.97. The zero-order valence-electron chi connectivity index (χ0n) is 10.1. The fourth-order valence-corrected chi connectivity index (χ4v) is 4.48. The van der Waals surface area contributed by atoms with Gasteiger partial charge in [0.15, 0.2) is 0 Å². The lowest BCUT2D eigenvalue weighted by Crippen LogP contribution is -2.49. The van der Waals surface area contributed by atoms with Crippen LogP contribution in [0.4, 0.5) is 5.69 Å². The van der Waals surface area contributed by atoms with Gasteiger partial charge in [0.05, 0.1) is 5.69 Å². The molecule has 0 N–H and O–H groups in total. The van der Waals surface area contributed by atoms with E-state index >= 15 is 0 Å². The third-order valence-electron chi connectivity index (χ3n) is 3.74. The number of benzene rings is 1. The maximum absolute atomic E-state index is 11.9. The maximum atomic E-state index is 11.9. The molecule has 3 heteroatoms. The van der Waals surface area contributed by atoms with Gasteiger partial charge in [-0.2, -0.15) is 0 Å². The number of amides is 1. The van der Waals surface area contributed by atoms with Crippen LogP contribution in [0.15, 0.2) is 29.2 Å². The highest BCUT2D eigenvalue weighted by Crippen LogP contribution is 2.46. The number of anilines is 1. The molecular weight excluding hydrogens is 230 g/mol. The number of nitrogens with zero attached hydrogens (tertiary/aromatic N) is 1. The molecule has 90 valence electrons. The number of carbonyl (C=O) groups is 1. The van der Waals surface area contributed by atoms with E-state index in [1.54, 1.807) is 6.92 Å². The molecule has 2 nitrogen and oxygen atoms in total. The molecule has 0 spiro atoms. The molecule has 1 aliphatic heterocycles. The van der Waals surface area contributed by atoms with Gasteiger partial charge in [0.25, 0.3) is 0 Å². The first-order valence-electron chi connectivity index (χ1n) is 6.33. The van der Waals surface area contributed by atoms with Crippen molar-refractivity contribution < 1.29 is 4.79 Å². The first-order chi connectivity index (χ1) is 8.27. The van der Waals surface area contributed by atoms with Crippen LogP contribution in [0.3, 0.4) is 0 Å². The Balaban J connectivity index is 2.05. The second-order valence-corrected chi connectivity index (χ2v) is 6.15. The lowest BCUT2D eigenvalue weighted by atomic mass is 9.92. The molecule has 0 bridgehead atoms. The second kappa shape index (κ2) is 4.37. The van der Waals surface area contributed by atoms with Crippen molar-refractivity contribution in [3.63, 3.8) is 0 Å². The van der Waals surface area contributed by atoms with Crippen molar-refractivity contribution in [2.75, 3.05) is 4.90 Å². The van der Waals surface area contributed by atoms with Crippen LogP contribution in [0.25, 0.3) is 0 Å². The van der Waals surface area contributed by atoms with Gasteiger partial charge >= 0.3 is 0 Å². The smallest absolute Gasteiger partial charge is 0.224 e. The summed E-state index contributed by atoms with van der Waals surface area (Å²) in [5.41, 5.74) is 1.12.